The topological polar surface area (TPSA) is 20.2 Å². The lowest BCUT2D eigenvalue weighted by Gasteiger charge is -2.41. The Morgan fingerprint density at radius 2 is 1.58 bits per heavy atom. The lowest BCUT2D eigenvalue weighted by molar-refractivity contribution is -0.0260. The fourth-order valence-electron chi connectivity index (χ4n) is 5.29. The Morgan fingerprint density at radius 3 is 2.19 bits per heavy atom. The molecule has 1 aromatic rings. The maximum absolute atomic E-state index is 11.1. The molecule has 0 bridgehead atoms. The van der Waals surface area contributed by atoms with Crippen molar-refractivity contribution in [2.45, 2.75) is 89.6 Å². The van der Waals surface area contributed by atoms with Gasteiger partial charge >= 0.3 is 0 Å². The first-order chi connectivity index (χ1) is 12.5. The summed E-state index contributed by atoms with van der Waals surface area (Å²) in [5.74, 6) is 2.67. The lowest BCUT2D eigenvalue weighted by atomic mass is 9.66. The quantitative estimate of drug-likeness (QED) is 0.486. The summed E-state index contributed by atoms with van der Waals surface area (Å²) >= 11 is 12.2. The van der Waals surface area contributed by atoms with Crippen LogP contribution in [0.3, 0.4) is 0 Å². The highest BCUT2D eigenvalue weighted by atomic mass is 35.5. The molecular weight excluding hydrogens is 363 g/mol. The molecule has 1 N–H and O–H groups in total. The van der Waals surface area contributed by atoms with Crippen LogP contribution in [0.5, 0.6) is 0 Å². The second kappa shape index (κ2) is 9.30. The molecule has 0 heterocycles. The Kier molecular flexibility index (Phi) is 7.33. The van der Waals surface area contributed by atoms with Crippen molar-refractivity contribution in [3.05, 3.63) is 33.8 Å². The van der Waals surface area contributed by atoms with Gasteiger partial charge in [0.05, 0.1) is 15.6 Å². The van der Waals surface area contributed by atoms with E-state index in [1.807, 2.05) is 18.2 Å². The first kappa shape index (κ1) is 20.5. The molecule has 0 amide bonds. The van der Waals surface area contributed by atoms with Gasteiger partial charge in [0.15, 0.2) is 0 Å². The molecule has 0 spiro atoms. The van der Waals surface area contributed by atoms with Crippen molar-refractivity contribution in [2.24, 2.45) is 17.8 Å². The van der Waals surface area contributed by atoms with E-state index in [0.717, 1.165) is 49.0 Å². The van der Waals surface area contributed by atoms with Gasteiger partial charge in [0, 0.05) is 0 Å². The Bertz CT molecular complexity index is 570. The third-order valence-electron chi connectivity index (χ3n) is 7.09. The molecule has 2 saturated carbocycles. The second-order valence-corrected chi connectivity index (χ2v) is 9.59. The predicted octanol–water partition coefficient (Wildman–Crippen LogP) is 7.76. The van der Waals surface area contributed by atoms with Crippen LogP contribution in [-0.2, 0) is 5.60 Å². The van der Waals surface area contributed by atoms with Crippen LogP contribution in [-0.4, -0.2) is 5.11 Å². The molecule has 2 aliphatic carbocycles. The van der Waals surface area contributed by atoms with Crippen molar-refractivity contribution >= 4 is 23.2 Å². The highest BCUT2D eigenvalue weighted by Crippen LogP contribution is 2.46. The highest BCUT2D eigenvalue weighted by Gasteiger charge is 2.38. The van der Waals surface area contributed by atoms with Crippen LogP contribution >= 0.6 is 23.2 Å². The molecule has 2 aliphatic rings. The van der Waals surface area contributed by atoms with E-state index in [1.54, 1.807) is 0 Å². The molecular formula is C23H34Cl2O. The van der Waals surface area contributed by atoms with Gasteiger partial charge < -0.3 is 5.11 Å². The summed E-state index contributed by atoms with van der Waals surface area (Å²) in [4.78, 5) is 0. The zero-order chi connectivity index (χ0) is 18.6. The maximum Gasteiger partial charge on any atom is 0.0897 e. The first-order valence-corrected chi connectivity index (χ1v) is 11.5. The average Bonchev–Trinajstić information content (AvgIpc) is 2.65. The minimum atomic E-state index is -0.720. The van der Waals surface area contributed by atoms with Gasteiger partial charge in [-0.1, -0.05) is 74.7 Å². The number of halogens is 2. The van der Waals surface area contributed by atoms with E-state index in [9.17, 15) is 5.11 Å². The largest absolute Gasteiger partial charge is 0.385 e. The molecule has 0 atom stereocenters. The van der Waals surface area contributed by atoms with Gasteiger partial charge in [-0.3, -0.25) is 0 Å². The lowest BCUT2D eigenvalue weighted by Crippen LogP contribution is -2.34. The van der Waals surface area contributed by atoms with Crippen LogP contribution in [0.25, 0.3) is 0 Å². The summed E-state index contributed by atoms with van der Waals surface area (Å²) in [6.45, 7) is 2.29. The fraction of sp³-hybridized carbons (Fsp3) is 0.739. The predicted molar refractivity (Wildman–Crippen MR) is 112 cm³/mol. The van der Waals surface area contributed by atoms with Gasteiger partial charge in [-0.2, -0.15) is 0 Å². The van der Waals surface area contributed by atoms with E-state index >= 15 is 0 Å². The molecule has 0 aliphatic heterocycles. The van der Waals surface area contributed by atoms with Crippen molar-refractivity contribution in [2.75, 3.05) is 0 Å². The number of hydrogen-bond acceptors (Lipinski definition) is 1. The van der Waals surface area contributed by atoms with E-state index in [4.69, 9.17) is 23.2 Å². The summed E-state index contributed by atoms with van der Waals surface area (Å²) in [5.41, 5.74) is 0.215. The van der Waals surface area contributed by atoms with Crippen LogP contribution in [0.15, 0.2) is 18.2 Å². The van der Waals surface area contributed by atoms with Crippen LogP contribution < -0.4 is 0 Å². The maximum atomic E-state index is 11.1. The molecule has 1 nitrogen and oxygen atoms in total. The Hall–Kier alpha value is -0.240. The number of aliphatic hydroxyl groups is 1. The summed E-state index contributed by atoms with van der Waals surface area (Å²) in [7, 11) is 0. The number of rotatable bonds is 6. The summed E-state index contributed by atoms with van der Waals surface area (Å²) in [6.07, 6.45) is 15.3. The third kappa shape index (κ3) is 4.97. The van der Waals surface area contributed by atoms with Crippen molar-refractivity contribution in [3.8, 4) is 0 Å². The van der Waals surface area contributed by atoms with Crippen molar-refractivity contribution in [1.82, 2.24) is 0 Å². The van der Waals surface area contributed by atoms with Gasteiger partial charge in [0.2, 0.25) is 0 Å². The Balaban J connectivity index is 1.49. The normalized spacial score (nSPS) is 32.5. The van der Waals surface area contributed by atoms with E-state index in [-0.39, 0.29) is 0 Å². The molecule has 0 saturated heterocycles. The summed E-state index contributed by atoms with van der Waals surface area (Å²) < 4.78 is 0. The molecule has 0 aromatic heterocycles. The van der Waals surface area contributed by atoms with E-state index in [2.05, 4.69) is 6.92 Å². The van der Waals surface area contributed by atoms with Crippen molar-refractivity contribution < 1.29 is 5.11 Å². The molecule has 146 valence electrons. The van der Waals surface area contributed by atoms with Crippen LogP contribution in [0, 0.1) is 17.8 Å². The van der Waals surface area contributed by atoms with Gasteiger partial charge in [-0.15, -0.1) is 0 Å². The van der Waals surface area contributed by atoms with E-state index in [0.29, 0.717) is 10.0 Å². The molecule has 2 fully saturated rings. The molecule has 0 radical (unpaired) electrons. The number of benzene rings is 1. The molecule has 0 unspecified atom stereocenters. The zero-order valence-electron chi connectivity index (χ0n) is 16.2. The number of hydrogen-bond donors (Lipinski definition) is 1. The summed E-state index contributed by atoms with van der Waals surface area (Å²) in [6, 6.07) is 5.60. The molecule has 3 rings (SSSR count). The highest BCUT2D eigenvalue weighted by molar-refractivity contribution is 6.42. The van der Waals surface area contributed by atoms with Crippen molar-refractivity contribution in [3.63, 3.8) is 0 Å². The van der Waals surface area contributed by atoms with Crippen LogP contribution in [0.1, 0.15) is 89.5 Å². The SMILES string of the molecule is CCCCCC1CCC(C2CCC(O)(c3ccc(Cl)c(Cl)c3)CC2)CC1. The van der Waals surface area contributed by atoms with Crippen molar-refractivity contribution in [1.29, 1.82) is 0 Å². The van der Waals surface area contributed by atoms with Crippen LogP contribution in [0.4, 0.5) is 0 Å². The zero-order valence-corrected chi connectivity index (χ0v) is 17.7. The Labute approximate surface area is 169 Å². The minimum Gasteiger partial charge on any atom is -0.385 e. The molecule has 1 aromatic carbocycles. The third-order valence-corrected chi connectivity index (χ3v) is 7.83. The van der Waals surface area contributed by atoms with Gasteiger partial charge in [-0.25, -0.2) is 0 Å². The minimum absolute atomic E-state index is 0.543. The molecule has 3 heteroatoms. The Morgan fingerprint density at radius 1 is 0.923 bits per heavy atom. The average molecular weight is 397 g/mol. The first-order valence-electron chi connectivity index (χ1n) is 10.7. The van der Waals surface area contributed by atoms with Crippen LogP contribution in [0.2, 0.25) is 10.0 Å². The number of unbranched alkanes of at least 4 members (excludes halogenated alkanes) is 2. The second-order valence-electron chi connectivity index (χ2n) is 8.77. The standard InChI is InChI=1S/C23H34Cl2O/c1-2-3-4-5-17-6-8-18(9-7-17)19-12-14-23(26,15-13-19)20-10-11-21(24)22(25)16-20/h10-11,16-19,26H,2-9,12-15H2,1H3. The fourth-order valence-corrected chi connectivity index (χ4v) is 5.59. The van der Waals surface area contributed by atoms with E-state index < -0.39 is 5.60 Å². The van der Waals surface area contributed by atoms with E-state index in [1.165, 1.54) is 51.4 Å². The smallest absolute Gasteiger partial charge is 0.0897 e. The monoisotopic (exact) mass is 396 g/mol. The molecule has 26 heavy (non-hydrogen) atoms. The van der Waals surface area contributed by atoms with Gasteiger partial charge in [0.25, 0.3) is 0 Å². The van der Waals surface area contributed by atoms with Gasteiger partial charge in [0.1, 0.15) is 0 Å². The van der Waals surface area contributed by atoms with Gasteiger partial charge in [-0.05, 0) is 74.0 Å². The summed E-state index contributed by atoms with van der Waals surface area (Å²) in [5, 5.41) is 12.2.